The van der Waals surface area contributed by atoms with Crippen LogP contribution >= 0.6 is 0 Å². The number of halogens is 1. The van der Waals surface area contributed by atoms with Crippen molar-refractivity contribution in [2.24, 2.45) is 0 Å². The number of hydrogen-bond acceptors (Lipinski definition) is 3. The summed E-state index contributed by atoms with van der Waals surface area (Å²) in [5, 5.41) is 3.16. The van der Waals surface area contributed by atoms with Crippen LogP contribution in [0, 0.1) is 5.82 Å². The quantitative estimate of drug-likeness (QED) is 0.335. The van der Waals surface area contributed by atoms with E-state index in [1.54, 1.807) is 18.2 Å². The van der Waals surface area contributed by atoms with Gasteiger partial charge in [0.05, 0.1) is 0 Å². The fraction of sp³-hybridized carbons (Fsp3) is 0.107. The topological polar surface area (TPSA) is 71.4 Å². The molecule has 1 fully saturated rings. The van der Waals surface area contributed by atoms with E-state index >= 15 is 0 Å². The lowest BCUT2D eigenvalue weighted by molar-refractivity contribution is -0.130. The van der Waals surface area contributed by atoms with Gasteiger partial charge in [0.25, 0.3) is 11.8 Å². The van der Waals surface area contributed by atoms with E-state index in [0.29, 0.717) is 18.5 Å². The Morgan fingerprint density at radius 3 is 2.31 bits per heavy atom. The van der Waals surface area contributed by atoms with E-state index in [4.69, 9.17) is 0 Å². The van der Waals surface area contributed by atoms with Crippen molar-refractivity contribution < 1.29 is 18.8 Å². The molecule has 0 saturated carbocycles. The summed E-state index contributed by atoms with van der Waals surface area (Å²) in [6.07, 6.45) is 3.79. The summed E-state index contributed by atoms with van der Waals surface area (Å²) in [5.41, 5.74) is 3.47. The van der Waals surface area contributed by atoms with Gasteiger partial charge >= 0.3 is 6.03 Å². The molecule has 1 aromatic heterocycles. The molecule has 0 atom stereocenters. The Bertz CT molecular complexity index is 1460. The molecule has 1 aliphatic heterocycles. The Morgan fingerprint density at radius 2 is 1.54 bits per heavy atom. The average molecular weight is 468 g/mol. The maximum absolute atomic E-state index is 13.2. The molecule has 0 unspecified atom stereocenters. The van der Waals surface area contributed by atoms with Gasteiger partial charge in [-0.1, -0.05) is 60.7 Å². The number of nitrogens with one attached hydrogen (secondary N) is 1. The highest BCUT2D eigenvalue weighted by molar-refractivity contribution is 6.31. The van der Waals surface area contributed by atoms with Crippen molar-refractivity contribution in [2.75, 3.05) is 6.54 Å². The molecule has 7 heteroatoms. The third-order valence-corrected chi connectivity index (χ3v) is 6.04. The number of hydrogen-bond donors (Lipinski definition) is 1. The van der Waals surface area contributed by atoms with Crippen LogP contribution < -0.4 is 5.32 Å². The molecule has 3 aromatic carbocycles. The molecule has 174 valence electrons. The maximum atomic E-state index is 13.2. The maximum Gasteiger partial charge on any atom is 0.331 e. The first-order valence-electron chi connectivity index (χ1n) is 11.2. The summed E-state index contributed by atoms with van der Waals surface area (Å²) in [6.45, 7) is 0.698. The van der Waals surface area contributed by atoms with E-state index in [1.807, 2.05) is 60.8 Å². The first-order chi connectivity index (χ1) is 17.0. The fourth-order valence-electron chi connectivity index (χ4n) is 4.25. The van der Waals surface area contributed by atoms with Gasteiger partial charge in [-0.2, -0.15) is 0 Å². The van der Waals surface area contributed by atoms with Crippen LogP contribution in [0.25, 0.3) is 17.0 Å². The van der Waals surface area contributed by atoms with Gasteiger partial charge in [0.15, 0.2) is 0 Å². The van der Waals surface area contributed by atoms with Gasteiger partial charge in [0.1, 0.15) is 11.4 Å². The van der Waals surface area contributed by atoms with Crippen molar-refractivity contribution in [3.05, 3.63) is 113 Å². The molecular formula is C28H22FN3O3. The van der Waals surface area contributed by atoms with Crippen LogP contribution in [0.1, 0.15) is 16.7 Å². The number of para-hydroxylation sites is 1. The first-order valence-corrected chi connectivity index (χ1v) is 11.2. The van der Waals surface area contributed by atoms with Crippen LogP contribution in [0.15, 0.2) is 90.6 Å². The molecule has 0 bridgehead atoms. The highest BCUT2D eigenvalue weighted by Crippen LogP contribution is 2.26. The Hall–Kier alpha value is -4.52. The van der Waals surface area contributed by atoms with Crippen LogP contribution in [-0.4, -0.2) is 33.9 Å². The molecule has 2 heterocycles. The molecular weight excluding hydrogens is 445 g/mol. The van der Waals surface area contributed by atoms with Gasteiger partial charge in [0.2, 0.25) is 0 Å². The summed E-state index contributed by atoms with van der Waals surface area (Å²) in [7, 11) is 0. The largest absolute Gasteiger partial charge is 0.342 e. The Morgan fingerprint density at radius 1 is 0.829 bits per heavy atom. The van der Waals surface area contributed by atoms with E-state index in [0.717, 1.165) is 26.9 Å². The molecule has 6 nitrogen and oxygen atoms in total. The summed E-state index contributed by atoms with van der Waals surface area (Å²) in [5.74, 6) is -1.73. The fourth-order valence-corrected chi connectivity index (χ4v) is 4.25. The minimum atomic E-state index is -0.759. The van der Waals surface area contributed by atoms with Gasteiger partial charge < -0.3 is 4.57 Å². The van der Waals surface area contributed by atoms with Gasteiger partial charge in [-0.25, -0.2) is 9.18 Å². The van der Waals surface area contributed by atoms with Crippen LogP contribution in [0.4, 0.5) is 9.18 Å². The zero-order valence-corrected chi connectivity index (χ0v) is 18.8. The lowest BCUT2D eigenvalue weighted by atomic mass is 10.1. The highest BCUT2D eigenvalue weighted by atomic mass is 19.1. The van der Waals surface area contributed by atoms with Crippen LogP contribution in [0.5, 0.6) is 0 Å². The molecule has 1 N–H and O–H groups in total. The van der Waals surface area contributed by atoms with Crippen molar-refractivity contribution in [1.82, 2.24) is 14.8 Å². The number of rotatable bonds is 6. The standard InChI is InChI=1S/C28H22FN3O3/c29-22-12-10-19(11-13-22)14-15-32-27(34)24(26(33)30-28(32)35)16-21-18-31(17-20-6-2-1-3-7-20)25-9-5-4-8-23(21)25/h1-13,16,18H,14-15,17H2,(H,30,33,35)/b24-16-. The molecule has 4 amide bonds. The van der Waals surface area contributed by atoms with Gasteiger partial charge in [-0.05, 0) is 41.8 Å². The Balaban J connectivity index is 1.45. The second-order valence-electron chi connectivity index (χ2n) is 8.37. The van der Waals surface area contributed by atoms with Crippen molar-refractivity contribution in [1.29, 1.82) is 0 Å². The van der Waals surface area contributed by atoms with Gasteiger partial charge in [-0.15, -0.1) is 0 Å². The predicted molar refractivity (Wildman–Crippen MR) is 131 cm³/mol. The second kappa shape index (κ2) is 9.38. The van der Waals surface area contributed by atoms with E-state index in [2.05, 4.69) is 9.88 Å². The average Bonchev–Trinajstić information content (AvgIpc) is 3.20. The third-order valence-electron chi connectivity index (χ3n) is 6.04. The number of barbiturate groups is 1. The van der Waals surface area contributed by atoms with Crippen LogP contribution in [0.3, 0.4) is 0 Å². The summed E-state index contributed by atoms with van der Waals surface area (Å²) in [6, 6.07) is 22.9. The lowest BCUT2D eigenvalue weighted by Gasteiger charge is -2.26. The summed E-state index contributed by atoms with van der Waals surface area (Å²) >= 11 is 0. The number of urea groups is 1. The van der Waals surface area contributed by atoms with Gasteiger partial charge in [-0.3, -0.25) is 19.8 Å². The number of carbonyl (C=O) groups is 3. The smallest absolute Gasteiger partial charge is 0.331 e. The zero-order valence-electron chi connectivity index (χ0n) is 18.8. The van der Waals surface area contributed by atoms with Crippen LogP contribution in [-0.2, 0) is 22.6 Å². The normalized spacial score (nSPS) is 15.2. The Labute approximate surface area is 201 Å². The molecule has 1 aliphatic rings. The summed E-state index contributed by atoms with van der Waals surface area (Å²) in [4.78, 5) is 39.2. The minimum Gasteiger partial charge on any atom is -0.342 e. The van der Waals surface area contributed by atoms with E-state index in [9.17, 15) is 18.8 Å². The van der Waals surface area contributed by atoms with Crippen molar-refractivity contribution >= 4 is 34.8 Å². The molecule has 0 spiro atoms. The third kappa shape index (κ3) is 4.61. The number of benzene rings is 3. The molecule has 4 aromatic rings. The number of fused-ring (bicyclic) bond motifs is 1. The number of aromatic nitrogens is 1. The van der Waals surface area contributed by atoms with E-state index in [1.165, 1.54) is 12.1 Å². The number of nitrogens with zero attached hydrogens (tertiary/aromatic N) is 2. The van der Waals surface area contributed by atoms with Crippen molar-refractivity contribution in [2.45, 2.75) is 13.0 Å². The van der Waals surface area contributed by atoms with E-state index in [-0.39, 0.29) is 17.9 Å². The summed E-state index contributed by atoms with van der Waals surface area (Å²) < 4.78 is 15.2. The molecule has 35 heavy (non-hydrogen) atoms. The number of imide groups is 2. The molecule has 5 rings (SSSR count). The van der Waals surface area contributed by atoms with Crippen molar-refractivity contribution in [3.63, 3.8) is 0 Å². The van der Waals surface area contributed by atoms with Crippen molar-refractivity contribution in [3.8, 4) is 0 Å². The SMILES string of the molecule is O=C1NC(=O)N(CCc2ccc(F)cc2)C(=O)/C1=C\c1cn(Cc2ccccc2)c2ccccc12. The second-order valence-corrected chi connectivity index (χ2v) is 8.37. The Kier molecular flexibility index (Phi) is 5.97. The van der Waals surface area contributed by atoms with E-state index < -0.39 is 17.8 Å². The minimum absolute atomic E-state index is 0.0662. The highest BCUT2D eigenvalue weighted by Gasteiger charge is 2.35. The lowest BCUT2D eigenvalue weighted by Crippen LogP contribution is -2.54. The number of carbonyl (C=O) groups excluding carboxylic acids is 3. The molecule has 0 aliphatic carbocycles. The monoisotopic (exact) mass is 467 g/mol. The molecule has 1 saturated heterocycles. The van der Waals surface area contributed by atoms with Crippen LogP contribution in [0.2, 0.25) is 0 Å². The molecule has 0 radical (unpaired) electrons. The first kappa shape index (κ1) is 22.3. The van der Waals surface area contributed by atoms with Gasteiger partial charge in [0, 0.05) is 35.8 Å². The predicted octanol–water partition coefficient (Wildman–Crippen LogP) is 4.53. The number of amides is 4. The zero-order chi connectivity index (χ0) is 24.4.